The molecule has 0 aliphatic rings. The molecule has 0 aliphatic carbocycles. The molecule has 16 heavy (non-hydrogen) atoms. The van der Waals surface area contributed by atoms with Crippen molar-refractivity contribution in [3.05, 3.63) is 24.0 Å². The number of carbonyl (C=O) groups excluding carboxylic acids is 1. The molecule has 0 radical (unpaired) electrons. The van der Waals surface area contributed by atoms with Gasteiger partial charge in [0.25, 0.3) is 5.91 Å². The molecule has 2 N–H and O–H groups in total. The van der Waals surface area contributed by atoms with E-state index in [-0.39, 0.29) is 11.4 Å². The predicted octanol–water partition coefficient (Wildman–Crippen LogP) is 1.92. The van der Waals surface area contributed by atoms with Gasteiger partial charge in [-0.1, -0.05) is 6.92 Å². The van der Waals surface area contributed by atoms with Crippen molar-refractivity contribution in [2.75, 3.05) is 12.8 Å². The molecule has 1 rings (SSSR count). The van der Waals surface area contributed by atoms with Crippen molar-refractivity contribution in [2.45, 2.75) is 32.7 Å². The summed E-state index contributed by atoms with van der Waals surface area (Å²) in [6.07, 6.45) is 3.98. The van der Waals surface area contributed by atoms with Crippen LogP contribution in [0.4, 0.5) is 5.69 Å². The Morgan fingerprint density at radius 1 is 1.56 bits per heavy atom. The largest absolute Gasteiger partial charge is 0.398 e. The van der Waals surface area contributed by atoms with Crippen LogP contribution in [0.2, 0.25) is 0 Å². The number of hydrogen-bond donors (Lipinski definition) is 1. The van der Waals surface area contributed by atoms with Crippen LogP contribution in [0.15, 0.2) is 18.5 Å². The fourth-order valence-corrected chi connectivity index (χ4v) is 1.28. The quantitative estimate of drug-likeness (QED) is 0.848. The summed E-state index contributed by atoms with van der Waals surface area (Å²) < 4.78 is 0. The number of aromatic nitrogens is 1. The van der Waals surface area contributed by atoms with Gasteiger partial charge in [-0.25, -0.2) is 0 Å². The highest BCUT2D eigenvalue weighted by Crippen LogP contribution is 2.21. The Hall–Kier alpha value is -1.58. The first-order chi connectivity index (χ1) is 7.40. The molecule has 88 valence electrons. The fourth-order valence-electron chi connectivity index (χ4n) is 1.28. The summed E-state index contributed by atoms with van der Waals surface area (Å²) in [6.45, 7) is 6.10. The van der Waals surface area contributed by atoms with E-state index >= 15 is 0 Å². The van der Waals surface area contributed by atoms with E-state index in [1.54, 1.807) is 24.2 Å². The zero-order chi connectivity index (χ0) is 12.3. The van der Waals surface area contributed by atoms with Crippen molar-refractivity contribution in [3.63, 3.8) is 0 Å². The average molecular weight is 221 g/mol. The first kappa shape index (κ1) is 12.5. The van der Waals surface area contributed by atoms with Gasteiger partial charge < -0.3 is 10.6 Å². The zero-order valence-electron chi connectivity index (χ0n) is 10.3. The molecule has 0 atom stereocenters. The van der Waals surface area contributed by atoms with Gasteiger partial charge in [0.2, 0.25) is 0 Å². The van der Waals surface area contributed by atoms with Gasteiger partial charge >= 0.3 is 0 Å². The summed E-state index contributed by atoms with van der Waals surface area (Å²) in [4.78, 5) is 17.8. The molecular formula is C12H19N3O. The van der Waals surface area contributed by atoms with Gasteiger partial charge in [-0.05, 0) is 26.3 Å². The molecule has 0 saturated heterocycles. The maximum absolute atomic E-state index is 12.2. The van der Waals surface area contributed by atoms with Crippen LogP contribution in [0, 0.1) is 0 Å². The van der Waals surface area contributed by atoms with E-state index in [9.17, 15) is 4.79 Å². The molecule has 0 fully saturated rings. The van der Waals surface area contributed by atoms with Gasteiger partial charge in [0.1, 0.15) is 0 Å². The van der Waals surface area contributed by atoms with E-state index in [4.69, 9.17) is 5.73 Å². The molecule has 4 nitrogen and oxygen atoms in total. The standard InChI is InChI=1S/C12H19N3O/c1-5-12(2,3)15(4)11(16)9-8-14-7-6-10(9)13/h6-8H,5H2,1-4H3,(H2,13,14). The van der Waals surface area contributed by atoms with Crippen molar-refractivity contribution in [1.29, 1.82) is 0 Å². The number of hydrogen-bond acceptors (Lipinski definition) is 3. The van der Waals surface area contributed by atoms with Crippen LogP contribution in [0.5, 0.6) is 0 Å². The highest BCUT2D eigenvalue weighted by molar-refractivity contribution is 5.98. The van der Waals surface area contributed by atoms with E-state index in [0.29, 0.717) is 11.3 Å². The van der Waals surface area contributed by atoms with Gasteiger partial charge in [-0.15, -0.1) is 0 Å². The van der Waals surface area contributed by atoms with Crippen molar-refractivity contribution in [3.8, 4) is 0 Å². The molecule has 0 aliphatic heterocycles. The van der Waals surface area contributed by atoms with Gasteiger partial charge in [0.15, 0.2) is 0 Å². The second-order valence-corrected chi connectivity index (χ2v) is 4.49. The average Bonchev–Trinajstić information content (AvgIpc) is 2.27. The lowest BCUT2D eigenvalue weighted by Gasteiger charge is -2.35. The maximum Gasteiger partial charge on any atom is 0.257 e. The minimum Gasteiger partial charge on any atom is -0.398 e. The van der Waals surface area contributed by atoms with Gasteiger partial charge in [-0.2, -0.15) is 0 Å². The lowest BCUT2D eigenvalue weighted by Crippen LogP contribution is -2.44. The van der Waals surface area contributed by atoms with Gasteiger partial charge in [0, 0.05) is 30.7 Å². The topological polar surface area (TPSA) is 59.2 Å². The monoisotopic (exact) mass is 221 g/mol. The lowest BCUT2D eigenvalue weighted by molar-refractivity contribution is 0.0621. The highest BCUT2D eigenvalue weighted by atomic mass is 16.2. The molecule has 0 saturated carbocycles. The Bertz CT molecular complexity index is 388. The Labute approximate surface area is 96.5 Å². The van der Waals surface area contributed by atoms with Crippen LogP contribution in [-0.2, 0) is 0 Å². The maximum atomic E-state index is 12.2. The summed E-state index contributed by atoms with van der Waals surface area (Å²) in [5.41, 5.74) is 6.51. The van der Waals surface area contributed by atoms with E-state index in [0.717, 1.165) is 6.42 Å². The number of nitrogen functional groups attached to an aromatic ring is 1. The number of rotatable bonds is 3. The van der Waals surface area contributed by atoms with Gasteiger partial charge in [-0.3, -0.25) is 9.78 Å². The molecule has 0 aromatic carbocycles. The van der Waals surface area contributed by atoms with Crippen LogP contribution in [0.3, 0.4) is 0 Å². The van der Waals surface area contributed by atoms with Crippen molar-refractivity contribution in [1.82, 2.24) is 9.88 Å². The Morgan fingerprint density at radius 2 is 2.19 bits per heavy atom. The van der Waals surface area contributed by atoms with E-state index in [1.807, 2.05) is 13.8 Å². The molecule has 1 amide bonds. The van der Waals surface area contributed by atoms with Crippen molar-refractivity contribution < 1.29 is 4.79 Å². The number of pyridine rings is 1. The van der Waals surface area contributed by atoms with Gasteiger partial charge in [0.05, 0.1) is 5.56 Å². The third kappa shape index (κ3) is 2.32. The van der Waals surface area contributed by atoms with Crippen LogP contribution in [-0.4, -0.2) is 28.4 Å². The Kier molecular flexibility index (Phi) is 3.52. The number of nitrogens with zero attached hydrogens (tertiary/aromatic N) is 2. The molecule has 1 heterocycles. The first-order valence-electron chi connectivity index (χ1n) is 5.37. The van der Waals surface area contributed by atoms with E-state index in [1.165, 1.54) is 6.20 Å². The second-order valence-electron chi connectivity index (χ2n) is 4.49. The first-order valence-corrected chi connectivity index (χ1v) is 5.37. The third-order valence-electron chi connectivity index (χ3n) is 3.16. The second kappa shape index (κ2) is 4.51. The summed E-state index contributed by atoms with van der Waals surface area (Å²) in [5, 5.41) is 0. The Morgan fingerprint density at radius 3 is 2.69 bits per heavy atom. The van der Waals surface area contributed by atoms with Crippen LogP contribution in [0.25, 0.3) is 0 Å². The summed E-state index contributed by atoms with van der Waals surface area (Å²) >= 11 is 0. The smallest absolute Gasteiger partial charge is 0.257 e. The third-order valence-corrected chi connectivity index (χ3v) is 3.16. The molecule has 0 unspecified atom stereocenters. The molecule has 0 bridgehead atoms. The molecule has 0 spiro atoms. The van der Waals surface area contributed by atoms with Crippen LogP contribution < -0.4 is 5.73 Å². The number of amides is 1. The minimum atomic E-state index is -0.181. The Balaban J connectivity index is 3.00. The number of nitrogens with two attached hydrogens (primary N) is 1. The summed E-state index contributed by atoms with van der Waals surface area (Å²) in [5.74, 6) is -0.0857. The summed E-state index contributed by atoms with van der Waals surface area (Å²) in [7, 11) is 1.79. The normalized spacial score (nSPS) is 11.2. The van der Waals surface area contributed by atoms with Crippen LogP contribution in [0.1, 0.15) is 37.6 Å². The van der Waals surface area contributed by atoms with Crippen LogP contribution >= 0.6 is 0 Å². The predicted molar refractivity (Wildman–Crippen MR) is 65.1 cm³/mol. The van der Waals surface area contributed by atoms with Crippen molar-refractivity contribution in [2.24, 2.45) is 0 Å². The minimum absolute atomic E-state index is 0.0857. The molecule has 1 aromatic heterocycles. The molecular weight excluding hydrogens is 202 g/mol. The summed E-state index contributed by atoms with van der Waals surface area (Å²) in [6, 6.07) is 1.64. The molecule has 4 heteroatoms. The fraction of sp³-hybridized carbons (Fsp3) is 0.500. The number of anilines is 1. The number of carbonyl (C=O) groups is 1. The SMILES string of the molecule is CCC(C)(C)N(C)C(=O)c1cnccc1N. The highest BCUT2D eigenvalue weighted by Gasteiger charge is 2.27. The lowest BCUT2D eigenvalue weighted by atomic mass is 9.99. The van der Waals surface area contributed by atoms with Crippen molar-refractivity contribution >= 4 is 11.6 Å². The zero-order valence-corrected chi connectivity index (χ0v) is 10.3. The van der Waals surface area contributed by atoms with E-state index < -0.39 is 0 Å². The molecule has 1 aromatic rings. The van der Waals surface area contributed by atoms with E-state index in [2.05, 4.69) is 11.9 Å².